The Morgan fingerprint density at radius 3 is 1.83 bits per heavy atom. The van der Waals surface area contributed by atoms with Gasteiger partial charge in [0.15, 0.2) is 6.10 Å². The fourth-order valence-corrected chi connectivity index (χ4v) is 5.10. The van der Waals surface area contributed by atoms with Gasteiger partial charge in [0.2, 0.25) is 0 Å². The minimum absolute atomic E-state index is 0.0291. The van der Waals surface area contributed by atoms with E-state index >= 15 is 0 Å². The van der Waals surface area contributed by atoms with Crippen LogP contribution in [0, 0.1) is 0 Å². The lowest BCUT2D eigenvalue weighted by Gasteiger charge is -2.20. The summed E-state index contributed by atoms with van der Waals surface area (Å²) in [5, 5.41) is 2.81. The minimum atomic E-state index is -4.36. The van der Waals surface area contributed by atoms with Crippen LogP contribution in [0.4, 0.5) is 0 Å². The molecule has 0 aromatic heterocycles. The molecule has 2 unspecified atom stereocenters. The first-order chi connectivity index (χ1) is 23.3. The number of hydrogen-bond donors (Lipinski definition) is 2. The zero-order valence-corrected chi connectivity index (χ0v) is 31.1. The molecule has 0 aliphatic heterocycles. The molecule has 0 radical (unpaired) electrons. The van der Waals surface area contributed by atoms with Crippen LogP contribution in [0.1, 0.15) is 129 Å². The summed E-state index contributed by atoms with van der Waals surface area (Å²) in [6.45, 7) is 3.97. The SMILES string of the molecule is CC/C=C\C/C=C\C/C=C\C/C=C\CCCCC(=O)OC(COC(=O)CCCCCCC/C=C\CCCC)COP(=O)(O)OCCNC. The number of hydrogen-bond acceptors (Lipinski definition) is 8. The molecule has 0 bridgehead atoms. The highest BCUT2D eigenvalue weighted by Gasteiger charge is 2.26. The molecular formula is C38H66NO8P. The number of phosphoric ester groups is 1. The van der Waals surface area contributed by atoms with Crippen LogP contribution in [0.25, 0.3) is 0 Å². The summed E-state index contributed by atoms with van der Waals surface area (Å²) < 4.78 is 32.9. The largest absolute Gasteiger partial charge is 0.472 e. The highest BCUT2D eigenvalue weighted by molar-refractivity contribution is 7.47. The van der Waals surface area contributed by atoms with Crippen LogP contribution in [0.3, 0.4) is 0 Å². The Hall–Kier alpha value is -2.29. The number of allylic oxidation sites excluding steroid dienone is 10. The van der Waals surface area contributed by atoms with Crippen molar-refractivity contribution >= 4 is 19.8 Å². The van der Waals surface area contributed by atoms with Crippen LogP contribution in [0.2, 0.25) is 0 Å². The topological polar surface area (TPSA) is 120 Å². The van der Waals surface area contributed by atoms with E-state index in [0.29, 0.717) is 13.0 Å². The van der Waals surface area contributed by atoms with Crippen molar-refractivity contribution in [3.8, 4) is 0 Å². The number of carbonyl (C=O) groups is 2. The zero-order valence-electron chi connectivity index (χ0n) is 30.2. The van der Waals surface area contributed by atoms with E-state index in [9.17, 15) is 19.0 Å². The fourth-order valence-electron chi connectivity index (χ4n) is 4.35. The molecule has 2 N–H and O–H groups in total. The summed E-state index contributed by atoms with van der Waals surface area (Å²) in [7, 11) is -2.67. The monoisotopic (exact) mass is 695 g/mol. The molecule has 0 rings (SSSR count). The Morgan fingerprint density at radius 1 is 0.667 bits per heavy atom. The Bertz CT molecular complexity index is 976. The molecule has 0 aliphatic carbocycles. The molecule has 0 fully saturated rings. The third-order valence-corrected chi connectivity index (χ3v) is 8.11. The molecule has 0 saturated carbocycles. The first-order valence-corrected chi connectivity index (χ1v) is 19.7. The molecule has 0 aromatic rings. The van der Waals surface area contributed by atoms with Crippen molar-refractivity contribution in [2.24, 2.45) is 0 Å². The Morgan fingerprint density at radius 2 is 1.19 bits per heavy atom. The van der Waals surface area contributed by atoms with Crippen LogP contribution < -0.4 is 5.32 Å². The second-order valence-corrected chi connectivity index (χ2v) is 13.1. The number of carbonyl (C=O) groups excluding carboxylic acids is 2. The van der Waals surface area contributed by atoms with Gasteiger partial charge >= 0.3 is 19.8 Å². The van der Waals surface area contributed by atoms with Crippen molar-refractivity contribution in [2.45, 2.75) is 136 Å². The molecule has 2 atom stereocenters. The van der Waals surface area contributed by atoms with Gasteiger partial charge < -0.3 is 19.7 Å². The second kappa shape index (κ2) is 34.6. The Balaban J connectivity index is 4.43. The molecule has 0 amide bonds. The fraction of sp³-hybridized carbons (Fsp3) is 0.684. The first-order valence-electron chi connectivity index (χ1n) is 18.2. The van der Waals surface area contributed by atoms with Gasteiger partial charge in [-0.3, -0.25) is 18.6 Å². The lowest BCUT2D eigenvalue weighted by molar-refractivity contribution is -0.161. The third-order valence-electron chi connectivity index (χ3n) is 7.12. The zero-order chi connectivity index (χ0) is 35.4. The van der Waals surface area contributed by atoms with E-state index < -0.39 is 32.5 Å². The Labute approximate surface area is 291 Å². The predicted octanol–water partition coefficient (Wildman–Crippen LogP) is 9.64. The molecule has 10 heteroatoms. The van der Waals surface area contributed by atoms with Crippen molar-refractivity contribution in [2.75, 3.05) is 33.4 Å². The van der Waals surface area contributed by atoms with Gasteiger partial charge in [-0.15, -0.1) is 0 Å². The maximum absolute atomic E-state index is 12.5. The normalized spacial score (nSPS) is 14.2. The van der Waals surface area contributed by atoms with Crippen LogP contribution >= 0.6 is 7.82 Å². The number of rotatable bonds is 33. The van der Waals surface area contributed by atoms with E-state index in [1.807, 2.05) is 0 Å². The van der Waals surface area contributed by atoms with Crippen molar-refractivity contribution in [3.05, 3.63) is 60.8 Å². The van der Waals surface area contributed by atoms with E-state index in [-0.39, 0.29) is 26.1 Å². The lowest BCUT2D eigenvalue weighted by Crippen LogP contribution is -2.29. The van der Waals surface area contributed by atoms with E-state index in [1.165, 1.54) is 12.8 Å². The van der Waals surface area contributed by atoms with Gasteiger partial charge in [0.1, 0.15) is 6.61 Å². The summed E-state index contributed by atoms with van der Waals surface area (Å²) in [6.07, 6.45) is 37.0. The number of unbranched alkanes of at least 4 members (excludes halogenated alkanes) is 9. The molecule has 0 spiro atoms. The van der Waals surface area contributed by atoms with E-state index in [1.54, 1.807) is 7.05 Å². The maximum Gasteiger partial charge on any atom is 0.472 e. The highest BCUT2D eigenvalue weighted by Crippen LogP contribution is 2.43. The van der Waals surface area contributed by atoms with Crippen molar-refractivity contribution in [1.82, 2.24) is 5.32 Å². The number of phosphoric acid groups is 1. The average Bonchev–Trinajstić information content (AvgIpc) is 3.06. The third kappa shape index (κ3) is 33.6. The van der Waals surface area contributed by atoms with Crippen LogP contribution in [-0.4, -0.2) is 56.3 Å². The average molecular weight is 696 g/mol. The minimum Gasteiger partial charge on any atom is -0.462 e. The van der Waals surface area contributed by atoms with Crippen molar-refractivity contribution < 1.29 is 37.6 Å². The molecule has 0 aromatic carbocycles. The molecule has 0 saturated heterocycles. The van der Waals surface area contributed by atoms with Gasteiger partial charge in [-0.2, -0.15) is 0 Å². The number of likely N-dealkylation sites (N-methyl/N-ethyl adjacent to an activating group) is 1. The van der Waals surface area contributed by atoms with Gasteiger partial charge in [-0.1, -0.05) is 107 Å². The number of nitrogens with one attached hydrogen (secondary N) is 1. The molecular weight excluding hydrogens is 629 g/mol. The van der Waals surface area contributed by atoms with E-state index in [2.05, 4.69) is 79.9 Å². The Kier molecular flexibility index (Phi) is 32.9. The first kappa shape index (κ1) is 45.7. The quantitative estimate of drug-likeness (QED) is 0.0299. The van der Waals surface area contributed by atoms with Gasteiger partial charge in [0.05, 0.1) is 13.2 Å². The molecule has 9 nitrogen and oxygen atoms in total. The van der Waals surface area contributed by atoms with Gasteiger partial charge in [-0.05, 0) is 77.7 Å². The highest BCUT2D eigenvalue weighted by atomic mass is 31.2. The van der Waals surface area contributed by atoms with Crippen molar-refractivity contribution in [3.63, 3.8) is 0 Å². The van der Waals surface area contributed by atoms with Crippen LogP contribution in [0.5, 0.6) is 0 Å². The lowest BCUT2D eigenvalue weighted by atomic mass is 10.1. The summed E-state index contributed by atoms with van der Waals surface area (Å²) in [4.78, 5) is 34.8. The maximum atomic E-state index is 12.5. The second-order valence-electron chi connectivity index (χ2n) is 11.7. The molecule has 48 heavy (non-hydrogen) atoms. The number of ether oxygens (including phenoxy) is 2. The summed E-state index contributed by atoms with van der Waals surface area (Å²) in [5.74, 6) is -0.876. The summed E-state index contributed by atoms with van der Waals surface area (Å²) >= 11 is 0. The molecule has 0 heterocycles. The summed E-state index contributed by atoms with van der Waals surface area (Å²) in [5.41, 5.74) is 0. The van der Waals surface area contributed by atoms with E-state index in [4.69, 9.17) is 18.5 Å². The molecule has 0 aliphatic rings. The van der Waals surface area contributed by atoms with Gasteiger partial charge in [0, 0.05) is 19.4 Å². The molecule has 276 valence electrons. The predicted molar refractivity (Wildman–Crippen MR) is 197 cm³/mol. The van der Waals surface area contributed by atoms with Gasteiger partial charge in [-0.25, -0.2) is 4.57 Å². The van der Waals surface area contributed by atoms with Gasteiger partial charge in [0.25, 0.3) is 0 Å². The van der Waals surface area contributed by atoms with Crippen LogP contribution in [0.15, 0.2) is 60.8 Å². The smallest absolute Gasteiger partial charge is 0.462 e. The summed E-state index contributed by atoms with van der Waals surface area (Å²) in [6, 6.07) is 0. The standard InChI is InChI=1S/C38H66NO8P/c1-4-6-8-10-12-14-16-17-18-19-21-23-25-27-29-31-38(41)47-36(35-46-48(42,43)45-33-32-39-3)34-44-37(40)30-28-26-24-22-20-15-13-11-9-7-5-2/h6,8,11-14,17-18,21,23,36,39H,4-5,7,9-10,15-16,19-20,22,24-35H2,1-3H3,(H,42,43)/b8-6-,13-11-,14-12-,18-17-,23-21-. The van der Waals surface area contributed by atoms with Crippen LogP contribution in [-0.2, 0) is 32.7 Å². The van der Waals surface area contributed by atoms with E-state index in [0.717, 1.165) is 83.5 Å². The number of esters is 2. The van der Waals surface area contributed by atoms with Crippen molar-refractivity contribution in [1.29, 1.82) is 0 Å².